The monoisotopic (exact) mass is 242 g/mol. The molecule has 0 bridgehead atoms. The summed E-state index contributed by atoms with van der Waals surface area (Å²) in [6, 6.07) is 6.39. The fraction of sp³-hybridized carbons (Fsp3) is 0.500. The Bertz CT molecular complexity index is 463. The normalized spacial score (nSPS) is 18.2. The molecule has 1 aromatic carbocycles. The molecule has 0 fully saturated rings. The molecule has 0 atom stereocenters. The first kappa shape index (κ1) is 12.1. The highest BCUT2D eigenvalue weighted by atomic mass is 19.4. The summed E-state index contributed by atoms with van der Waals surface area (Å²) < 4.78 is 38.5. The van der Waals surface area contributed by atoms with Crippen molar-refractivity contribution in [2.24, 2.45) is 10.2 Å². The summed E-state index contributed by atoms with van der Waals surface area (Å²) in [5, 5.41) is 6.40. The molecule has 0 N–H and O–H groups in total. The van der Waals surface area contributed by atoms with Gasteiger partial charge in [0.1, 0.15) is 0 Å². The van der Waals surface area contributed by atoms with Gasteiger partial charge >= 0.3 is 11.8 Å². The van der Waals surface area contributed by atoms with E-state index in [1.807, 2.05) is 26.8 Å². The number of hydrogen-bond acceptors (Lipinski definition) is 2. The van der Waals surface area contributed by atoms with Crippen LogP contribution in [0, 0.1) is 0 Å². The quantitative estimate of drug-likeness (QED) is 0.706. The molecule has 92 valence electrons. The Morgan fingerprint density at radius 1 is 1.06 bits per heavy atom. The van der Waals surface area contributed by atoms with Crippen molar-refractivity contribution in [1.82, 2.24) is 0 Å². The zero-order chi connectivity index (χ0) is 12.9. The molecular weight excluding hydrogens is 229 g/mol. The number of alkyl halides is 3. The van der Waals surface area contributed by atoms with E-state index in [9.17, 15) is 13.2 Å². The SMILES string of the molecule is CC(C)(C)c1cccc(C2(C(F)(F)F)N=N2)c1. The van der Waals surface area contributed by atoms with Gasteiger partial charge in [-0.25, -0.2) is 0 Å². The molecule has 0 aromatic heterocycles. The summed E-state index contributed by atoms with van der Waals surface area (Å²) in [4.78, 5) is 0. The van der Waals surface area contributed by atoms with Gasteiger partial charge in [0.15, 0.2) is 0 Å². The average molecular weight is 242 g/mol. The van der Waals surface area contributed by atoms with Gasteiger partial charge in [0.05, 0.1) is 0 Å². The van der Waals surface area contributed by atoms with Gasteiger partial charge < -0.3 is 0 Å². The number of nitrogens with zero attached hydrogens (tertiary/aromatic N) is 2. The second kappa shape index (κ2) is 3.31. The molecule has 1 heterocycles. The van der Waals surface area contributed by atoms with E-state index in [1.54, 1.807) is 6.07 Å². The highest BCUT2D eigenvalue weighted by molar-refractivity contribution is 5.36. The Morgan fingerprint density at radius 2 is 1.65 bits per heavy atom. The topological polar surface area (TPSA) is 24.7 Å². The lowest BCUT2D eigenvalue weighted by molar-refractivity contribution is -0.166. The molecule has 2 rings (SSSR count). The molecule has 5 heteroatoms. The van der Waals surface area contributed by atoms with Gasteiger partial charge in [-0.1, -0.05) is 45.0 Å². The Hall–Kier alpha value is -1.39. The molecule has 0 aliphatic carbocycles. The van der Waals surface area contributed by atoms with Crippen LogP contribution in [0.15, 0.2) is 34.5 Å². The highest BCUT2D eigenvalue weighted by Crippen LogP contribution is 2.52. The molecule has 0 radical (unpaired) electrons. The van der Waals surface area contributed by atoms with Crippen LogP contribution in [0.3, 0.4) is 0 Å². The lowest BCUT2D eigenvalue weighted by atomic mass is 9.85. The fourth-order valence-electron chi connectivity index (χ4n) is 1.65. The van der Waals surface area contributed by atoms with Crippen molar-refractivity contribution >= 4 is 0 Å². The van der Waals surface area contributed by atoms with Crippen molar-refractivity contribution in [3.8, 4) is 0 Å². The summed E-state index contributed by atoms with van der Waals surface area (Å²) in [6.07, 6.45) is -4.45. The first-order valence-corrected chi connectivity index (χ1v) is 5.29. The van der Waals surface area contributed by atoms with E-state index in [-0.39, 0.29) is 11.0 Å². The van der Waals surface area contributed by atoms with Gasteiger partial charge in [0, 0.05) is 5.56 Å². The van der Waals surface area contributed by atoms with Crippen LogP contribution < -0.4 is 0 Å². The zero-order valence-corrected chi connectivity index (χ0v) is 9.84. The van der Waals surface area contributed by atoms with Gasteiger partial charge in [-0.15, -0.1) is 10.2 Å². The minimum Gasteiger partial charge on any atom is -0.166 e. The van der Waals surface area contributed by atoms with Crippen molar-refractivity contribution < 1.29 is 13.2 Å². The number of benzene rings is 1. The van der Waals surface area contributed by atoms with Crippen molar-refractivity contribution in [3.63, 3.8) is 0 Å². The van der Waals surface area contributed by atoms with E-state index in [1.165, 1.54) is 12.1 Å². The van der Waals surface area contributed by atoms with Crippen LogP contribution in [0.2, 0.25) is 0 Å². The second-order valence-corrected chi connectivity index (χ2v) is 5.20. The Kier molecular flexibility index (Phi) is 2.35. The Labute approximate surface area is 97.6 Å². The molecule has 0 unspecified atom stereocenters. The van der Waals surface area contributed by atoms with E-state index < -0.39 is 11.8 Å². The highest BCUT2D eigenvalue weighted by Gasteiger charge is 2.65. The number of rotatable bonds is 1. The molecule has 1 aliphatic heterocycles. The van der Waals surface area contributed by atoms with Gasteiger partial charge in [-0.2, -0.15) is 13.2 Å². The predicted molar refractivity (Wildman–Crippen MR) is 57.7 cm³/mol. The van der Waals surface area contributed by atoms with Crippen LogP contribution in [0.4, 0.5) is 13.2 Å². The lowest BCUT2D eigenvalue weighted by Gasteiger charge is -2.21. The molecule has 0 spiro atoms. The molecule has 1 aromatic rings. The molecule has 17 heavy (non-hydrogen) atoms. The summed E-state index contributed by atoms with van der Waals surface area (Å²) >= 11 is 0. The second-order valence-electron chi connectivity index (χ2n) is 5.20. The van der Waals surface area contributed by atoms with Crippen molar-refractivity contribution in [2.75, 3.05) is 0 Å². The van der Waals surface area contributed by atoms with Crippen LogP contribution >= 0.6 is 0 Å². The predicted octanol–water partition coefficient (Wildman–Crippen LogP) is 4.17. The van der Waals surface area contributed by atoms with E-state index >= 15 is 0 Å². The molecule has 0 saturated heterocycles. The van der Waals surface area contributed by atoms with Crippen LogP contribution in [-0.2, 0) is 11.1 Å². The van der Waals surface area contributed by atoms with E-state index in [4.69, 9.17) is 0 Å². The number of hydrogen-bond donors (Lipinski definition) is 0. The first-order valence-electron chi connectivity index (χ1n) is 5.29. The van der Waals surface area contributed by atoms with E-state index in [0.717, 1.165) is 5.56 Å². The maximum atomic E-state index is 12.8. The van der Waals surface area contributed by atoms with Gasteiger partial charge in [-0.3, -0.25) is 0 Å². The molecule has 1 aliphatic rings. The standard InChI is InChI=1S/C12H13F3N2/c1-10(2,3)8-5-4-6-9(7-8)11(16-17-11)12(13,14)15/h4-7H,1-3H3. The minimum atomic E-state index is -4.45. The summed E-state index contributed by atoms with van der Waals surface area (Å²) in [5.41, 5.74) is -1.57. The third-order valence-corrected chi connectivity index (χ3v) is 2.83. The minimum absolute atomic E-state index is 0.0948. The van der Waals surface area contributed by atoms with Gasteiger partial charge in [0.25, 0.3) is 0 Å². The van der Waals surface area contributed by atoms with Crippen molar-refractivity contribution in [2.45, 2.75) is 38.0 Å². The van der Waals surface area contributed by atoms with Crippen LogP contribution in [0.25, 0.3) is 0 Å². The molecule has 2 nitrogen and oxygen atoms in total. The van der Waals surface area contributed by atoms with Crippen LogP contribution in [0.1, 0.15) is 31.9 Å². The van der Waals surface area contributed by atoms with Crippen LogP contribution in [0.5, 0.6) is 0 Å². The fourth-order valence-corrected chi connectivity index (χ4v) is 1.65. The molecule has 0 saturated carbocycles. The Morgan fingerprint density at radius 3 is 2.06 bits per heavy atom. The van der Waals surface area contributed by atoms with E-state index in [2.05, 4.69) is 10.2 Å². The average Bonchev–Trinajstić information content (AvgIpc) is 2.96. The van der Waals surface area contributed by atoms with Crippen molar-refractivity contribution in [3.05, 3.63) is 35.4 Å². The summed E-state index contributed by atoms with van der Waals surface area (Å²) in [7, 11) is 0. The lowest BCUT2D eigenvalue weighted by Crippen LogP contribution is -2.30. The Balaban J connectivity index is 2.42. The van der Waals surface area contributed by atoms with E-state index in [0.29, 0.717) is 0 Å². The van der Waals surface area contributed by atoms with Crippen molar-refractivity contribution in [1.29, 1.82) is 0 Å². The zero-order valence-electron chi connectivity index (χ0n) is 9.84. The third-order valence-electron chi connectivity index (χ3n) is 2.83. The van der Waals surface area contributed by atoms with Crippen LogP contribution in [-0.4, -0.2) is 6.18 Å². The summed E-state index contributed by atoms with van der Waals surface area (Å²) in [5.74, 6) is 0. The third kappa shape index (κ3) is 1.94. The van der Waals surface area contributed by atoms with Gasteiger partial charge in [0.2, 0.25) is 0 Å². The number of halogens is 3. The van der Waals surface area contributed by atoms with Gasteiger partial charge in [-0.05, 0) is 11.0 Å². The first-order chi connectivity index (χ1) is 7.67. The smallest absolute Gasteiger partial charge is 0.166 e. The molecular formula is C12H13F3N2. The largest absolute Gasteiger partial charge is 0.442 e. The maximum Gasteiger partial charge on any atom is 0.442 e. The maximum absolute atomic E-state index is 12.8. The molecule has 0 amide bonds. The summed E-state index contributed by atoms with van der Waals surface area (Å²) in [6.45, 7) is 5.86.